The first-order chi connectivity index (χ1) is 30.9. The summed E-state index contributed by atoms with van der Waals surface area (Å²) in [4.78, 5) is 1.88. The first kappa shape index (κ1) is 99.8. The Morgan fingerprint density at radius 3 is 0.836 bits per heavy atom. The molecule has 0 radical (unpaired) electrons. The van der Waals surface area contributed by atoms with Crippen LogP contribution in [0.3, 0.4) is 0 Å². The predicted octanol–water partition coefficient (Wildman–Crippen LogP) is 7.56. The van der Waals surface area contributed by atoms with Crippen molar-refractivity contribution >= 4 is 101 Å². The van der Waals surface area contributed by atoms with Crippen molar-refractivity contribution in [3.8, 4) is 0 Å². The largest absolute Gasteiger partial charge is 1.00 e. The predicted molar refractivity (Wildman–Crippen MR) is 204 cm³/mol. The first-order valence-electron chi connectivity index (χ1n) is 14.1. The van der Waals surface area contributed by atoms with Crippen LogP contribution < -0.4 is 103 Å². The standard InChI is InChI=1S/C8H5F5.C6H3F2I.2C4H4F6O.C2H2F4O.CH4.F2O2S.2FI.2FHO3S.2K/c9-4-8(12,13)6-2-1-5(10)3-7(6)11;7-4-1-2-6(9)5(8)3-4;2*5-1-3(7,8)11-4(9,10)2-6;3-1-2(4,5)7-6;;1-5(2,3)4;2*1-2;2*1-5(2,3)4;;/h1-3H,4H2;1-3H;2*1-2H2;1H2;1H4;;;;2*(H,2,3,4);;/q;;;;;;;;;;;2*+1/p-2. The van der Waals surface area contributed by atoms with Crippen LogP contribution in [0.1, 0.15) is 13.0 Å². The van der Waals surface area contributed by atoms with Crippen molar-refractivity contribution in [1.82, 2.24) is 0 Å². The van der Waals surface area contributed by atoms with Gasteiger partial charge in [0.05, 0.1) is 5.56 Å². The molecule has 0 fully saturated rings. The minimum atomic E-state index is -5.67. The van der Waals surface area contributed by atoms with Gasteiger partial charge in [-0.3, -0.25) is 9.47 Å². The van der Waals surface area contributed by atoms with Crippen LogP contribution in [-0.2, 0) is 52.0 Å². The van der Waals surface area contributed by atoms with Gasteiger partial charge in [-0.2, -0.15) is 66.8 Å². The molecular weight excluding hydrogens is 1580 g/mol. The van der Waals surface area contributed by atoms with E-state index in [0.717, 1.165) is 6.07 Å². The van der Waals surface area contributed by atoms with Gasteiger partial charge in [-0.1, -0.05) is 15.2 Å². The third kappa shape index (κ3) is 85.0. The molecule has 0 saturated heterocycles. The van der Waals surface area contributed by atoms with Gasteiger partial charge in [0.2, 0.25) is 0 Å². The smallest absolute Gasteiger partial charge is 0.722 e. The van der Waals surface area contributed by atoms with E-state index in [4.69, 9.17) is 34.4 Å². The third-order valence-electron chi connectivity index (χ3n) is 3.86. The van der Waals surface area contributed by atoms with Gasteiger partial charge in [-0.05, 0) is 51.4 Å². The molecule has 0 spiro atoms. The van der Waals surface area contributed by atoms with Crippen LogP contribution in [0.2, 0.25) is 0 Å². The SMILES string of the molecule is C.FCC(F)(F)OC(F)(F)CF.FCC(F)(F)OC(F)(F)CF.FCC(F)(F)OF.FCC(F)(F)c1ccc(F)cc1F.FI.FI.Fc1ccc(I)c(F)c1.O=S(=O)(F)F.O=S(=O)([O-])F.O=S(=O)([O-])F.[K+].[K+]. The molecule has 0 N–H and O–H groups in total. The van der Waals surface area contributed by atoms with E-state index in [2.05, 4.69) is 9.47 Å². The van der Waals surface area contributed by atoms with Crippen molar-refractivity contribution in [1.29, 1.82) is 0 Å². The van der Waals surface area contributed by atoms with Crippen LogP contribution >= 0.6 is 68.9 Å². The van der Waals surface area contributed by atoms with Crippen LogP contribution in [0.15, 0.2) is 36.4 Å². The Balaban J connectivity index is -0.0000000672. The molecule has 0 bridgehead atoms. The molecule has 0 atom stereocenters. The van der Waals surface area contributed by atoms with Gasteiger partial charge in [-0.15, -0.1) is 12.7 Å². The molecule has 0 aliphatic rings. The minimum Gasteiger partial charge on any atom is -0.722 e. The fraction of sp³-hybridized carbons (Fsp3) is 0.520. The molecule has 2 rings (SSSR count). The van der Waals surface area contributed by atoms with E-state index in [1.54, 1.807) is 22.6 Å². The zero-order valence-corrected chi connectivity index (χ0v) is 48.7. The van der Waals surface area contributed by atoms with Crippen molar-refractivity contribution in [2.75, 3.05) is 40.0 Å². The zero-order chi connectivity index (χ0) is 58.6. The van der Waals surface area contributed by atoms with Gasteiger partial charge >= 0.3 is 150 Å². The van der Waals surface area contributed by atoms with Crippen molar-refractivity contribution in [2.24, 2.45) is 0 Å². The van der Waals surface area contributed by atoms with Crippen molar-refractivity contribution < 1.29 is 274 Å². The summed E-state index contributed by atoms with van der Waals surface area (Å²) in [7, 11) is -16.5. The van der Waals surface area contributed by atoms with Crippen molar-refractivity contribution in [2.45, 2.75) is 43.9 Å². The van der Waals surface area contributed by atoms with E-state index < -0.39 is 137 Å². The quantitative estimate of drug-likeness (QED) is 0.0512. The maximum absolute atomic E-state index is 12.6. The number of halogens is 32. The molecule has 73 heavy (non-hydrogen) atoms. The Morgan fingerprint density at radius 2 is 0.685 bits per heavy atom. The van der Waals surface area contributed by atoms with Gasteiger partial charge in [0.25, 0.3) is 21.0 Å². The Morgan fingerprint density at radius 1 is 0.466 bits per heavy atom. The second-order valence-electron chi connectivity index (χ2n) is 9.32. The summed E-state index contributed by atoms with van der Waals surface area (Å²) in [6.45, 7) is -13.8. The number of alkyl halides is 18. The van der Waals surface area contributed by atoms with Gasteiger partial charge in [0.1, 0.15) is 23.3 Å². The van der Waals surface area contributed by atoms with Gasteiger partial charge in [0, 0.05) is 15.7 Å². The molecule has 0 amide bonds. The summed E-state index contributed by atoms with van der Waals surface area (Å²) in [5.41, 5.74) is -1.13. The van der Waals surface area contributed by atoms with Crippen molar-refractivity contribution in [3.63, 3.8) is 0 Å². The summed E-state index contributed by atoms with van der Waals surface area (Å²) in [5, 5.41) is 0. The van der Waals surface area contributed by atoms with Crippen LogP contribution in [0.4, 0.5) is 122 Å². The van der Waals surface area contributed by atoms with E-state index in [9.17, 15) is 122 Å². The maximum Gasteiger partial charge on any atom is 1.00 e. The van der Waals surface area contributed by atoms with Crippen LogP contribution in [0.25, 0.3) is 0 Å². The normalized spacial score (nSPS) is 11.1. The molecule has 2 aromatic rings. The Bertz CT molecular complexity index is 1840. The Kier molecular flexibility index (Phi) is 67.5. The summed E-state index contributed by atoms with van der Waals surface area (Å²) < 4.78 is 398. The average molecular weight is 1600 g/mol. The van der Waals surface area contributed by atoms with Gasteiger partial charge in [-0.25, -0.2) is 60.7 Å². The Labute approximate surface area is 520 Å². The van der Waals surface area contributed by atoms with E-state index in [0.29, 0.717) is 68.1 Å². The number of hydrogen-bond donors (Lipinski definition) is 0. The summed E-state index contributed by atoms with van der Waals surface area (Å²) in [6, 6.07) is 4.96. The Hall–Kier alpha value is 1.52. The second-order valence-corrected chi connectivity index (χ2v) is 12.8. The second kappa shape index (κ2) is 49.3. The molecular formula is C25H22F29I3K2O11S3. The van der Waals surface area contributed by atoms with Gasteiger partial charge in [0.15, 0.2) is 86.4 Å². The first-order valence-corrected chi connectivity index (χ1v) is 20.7. The van der Waals surface area contributed by atoms with Crippen LogP contribution in [0, 0.1) is 26.8 Å². The minimum absolute atomic E-state index is 0. The third-order valence-corrected chi connectivity index (χ3v) is 4.74. The number of ether oxygens (including phenoxy) is 2. The van der Waals surface area contributed by atoms with Crippen LogP contribution in [0.5, 0.6) is 0 Å². The molecule has 432 valence electrons. The number of hydrogen-bond acceptors (Lipinski definition) is 11. The molecule has 0 aliphatic carbocycles. The molecule has 0 aromatic heterocycles. The molecule has 0 heterocycles. The summed E-state index contributed by atoms with van der Waals surface area (Å²) in [6.07, 6.45) is -22.8. The van der Waals surface area contributed by atoms with E-state index in [1.165, 1.54) is 12.1 Å². The van der Waals surface area contributed by atoms with Gasteiger partial charge < -0.3 is 9.11 Å². The molecule has 0 aliphatic heterocycles. The number of rotatable bonds is 12. The number of benzene rings is 2. The molecule has 11 nitrogen and oxygen atoms in total. The molecule has 0 saturated carbocycles. The fourth-order valence-electron chi connectivity index (χ4n) is 1.90. The summed E-state index contributed by atoms with van der Waals surface area (Å²) >= 11 is 3.10. The van der Waals surface area contributed by atoms with Crippen molar-refractivity contribution in [3.05, 3.63) is 68.8 Å². The average Bonchev–Trinajstić information content (AvgIpc) is 3.19. The molecule has 2 aromatic carbocycles. The zero-order valence-electron chi connectivity index (χ0n) is 33.5. The van der Waals surface area contributed by atoms with E-state index in [-0.39, 0.29) is 110 Å². The molecule has 48 heteroatoms. The van der Waals surface area contributed by atoms with Crippen LogP contribution in [-0.4, -0.2) is 105 Å². The topological polar surface area (TPSA) is 176 Å². The van der Waals surface area contributed by atoms with E-state index in [1.807, 2.05) is 4.94 Å². The maximum atomic E-state index is 12.6. The van der Waals surface area contributed by atoms with E-state index >= 15 is 0 Å². The fourth-order valence-corrected chi connectivity index (χ4v) is 2.23. The monoisotopic (exact) mass is 1600 g/mol. The summed E-state index contributed by atoms with van der Waals surface area (Å²) in [5.74, 6) is -7.35. The molecule has 0 unspecified atom stereocenters.